The van der Waals surface area contributed by atoms with Crippen LogP contribution >= 0.6 is 0 Å². The monoisotopic (exact) mass is 366 g/mol. The Bertz CT molecular complexity index is 741. The SMILES string of the molecule is CN(CC1(CO)CCCC1)C(=O)C(C)(Nc1ccccc1)c1ccccc1. The maximum absolute atomic E-state index is 13.6. The van der Waals surface area contributed by atoms with E-state index < -0.39 is 5.54 Å². The molecule has 4 heteroatoms. The number of carbonyl (C=O) groups is 1. The van der Waals surface area contributed by atoms with E-state index in [9.17, 15) is 9.90 Å². The minimum absolute atomic E-state index is 0.0114. The minimum Gasteiger partial charge on any atom is -0.396 e. The lowest BCUT2D eigenvalue weighted by molar-refractivity contribution is -0.136. The van der Waals surface area contributed by atoms with Gasteiger partial charge < -0.3 is 15.3 Å². The number of likely N-dealkylation sites (N-methyl/N-ethyl adjacent to an activating group) is 1. The van der Waals surface area contributed by atoms with E-state index in [-0.39, 0.29) is 17.9 Å². The third-order valence-electron chi connectivity index (χ3n) is 5.87. The molecular weight excluding hydrogens is 336 g/mol. The lowest BCUT2D eigenvalue weighted by Crippen LogP contribution is -2.51. The number of aliphatic hydroxyl groups excluding tert-OH is 1. The van der Waals surface area contributed by atoms with E-state index in [1.165, 1.54) is 0 Å². The molecule has 0 aliphatic heterocycles. The molecular formula is C23H30N2O2. The molecule has 2 aromatic carbocycles. The van der Waals surface area contributed by atoms with Gasteiger partial charge in [0.15, 0.2) is 0 Å². The average molecular weight is 367 g/mol. The number of anilines is 1. The summed E-state index contributed by atoms with van der Waals surface area (Å²) in [7, 11) is 1.85. The summed E-state index contributed by atoms with van der Waals surface area (Å²) in [6, 6.07) is 19.7. The third kappa shape index (κ3) is 4.16. The van der Waals surface area contributed by atoms with Crippen LogP contribution in [0.5, 0.6) is 0 Å². The number of para-hydroxylation sites is 1. The van der Waals surface area contributed by atoms with Gasteiger partial charge in [-0.05, 0) is 37.5 Å². The highest BCUT2D eigenvalue weighted by Gasteiger charge is 2.41. The predicted octanol–water partition coefficient (Wildman–Crippen LogP) is 4.03. The van der Waals surface area contributed by atoms with Crippen LogP contribution in [0, 0.1) is 5.41 Å². The zero-order valence-corrected chi connectivity index (χ0v) is 16.3. The van der Waals surface area contributed by atoms with Crippen molar-refractivity contribution in [1.82, 2.24) is 4.90 Å². The maximum atomic E-state index is 13.6. The molecule has 1 atom stereocenters. The van der Waals surface area contributed by atoms with Gasteiger partial charge in [0.05, 0.1) is 6.61 Å². The van der Waals surface area contributed by atoms with Gasteiger partial charge in [-0.2, -0.15) is 0 Å². The fourth-order valence-corrected chi connectivity index (χ4v) is 4.28. The van der Waals surface area contributed by atoms with E-state index in [2.05, 4.69) is 5.32 Å². The second-order valence-electron chi connectivity index (χ2n) is 8.01. The van der Waals surface area contributed by atoms with Crippen LogP contribution in [0.4, 0.5) is 5.69 Å². The molecule has 2 aromatic rings. The first kappa shape index (κ1) is 19.4. The van der Waals surface area contributed by atoms with Crippen molar-refractivity contribution in [3.05, 3.63) is 66.2 Å². The molecule has 144 valence electrons. The van der Waals surface area contributed by atoms with Crippen molar-refractivity contribution in [3.8, 4) is 0 Å². The molecule has 0 spiro atoms. The van der Waals surface area contributed by atoms with Crippen molar-refractivity contribution >= 4 is 11.6 Å². The molecule has 0 bridgehead atoms. The van der Waals surface area contributed by atoms with Crippen molar-refractivity contribution in [2.45, 2.75) is 38.1 Å². The minimum atomic E-state index is -0.882. The Kier molecular flexibility index (Phi) is 5.85. The highest BCUT2D eigenvalue weighted by Crippen LogP contribution is 2.39. The third-order valence-corrected chi connectivity index (χ3v) is 5.87. The Labute approximate surface area is 162 Å². The first-order chi connectivity index (χ1) is 13.0. The summed E-state index contributed by atoms with van der Waals surface area (Å²) in [5.41, 5.74) is 0.792. The summed E-state index contributed by atoms with van der Waals surface area (Å²) < 4.78 is 0. The molecule has 1 amide bonds. The molecule has 2 N–H and O–H groups in total. The molecule has 27 heavy (non-hydrogen) atoms. The highest BCUT2D eigenvalue weighted by molar-refractivity contribution is 5.90. The molecule has 3 rings (SSSR count). The second kappa shape index (κ2) is 8.13. The van der Waals surface area contributed by atoms with Gasteiger partial charge in [-0.15, -0.1) is 0 Å². The highest BCUT2D eigenvalue weighted by atomic mass is 16.3. The molecule has 0 heterocycles. The first-order valence-corrected chi connectivity index (χ1v) is 9.74. The van der Waals surface area contributed by atoms with E-state index in [1.54, 1.807) is 4.90 Å². The average Bonchev–Trinajstić information content (AvgIpc) is 3.17. The van der Waals surface area contributed by atoms with Gasteiger partial charge in [0.2, 0.25) is 0 Å². The van der Waals surface area contributed by atoms with E-state index in [0.29, 0.717) is 6.54 Å². The lowest BCUT2D eigenvalue weighted by Gasteiger charge is -2.38. The maximum Gasteiger partial charge on any atom is 0.252 e. The fraction of sp³-hybridized carbons (Fsp3) is 0.435. The van der Waals surface area contributed by atoms with Crippen LogP contribution in [-0.2, 0) is 10.3 Å². The normalized spacial score (nSPS) is 17.9. The Morgan fingerprint density at radius 1 is 1.07 bits per heavy atom. The Morgan fingerprint density at radius 3 is 2.19 bits per heavy atom. The second-order valence-corrected chi connectivity index (χ2v) is 8.01. The van der Waals surface area contributed by atoms with Crippen LogP contribution in [-0.4, -0.2) is 36.1 Å². The van der Waals surface area contributed by atoms with Crippen LogP contribution < -0.4 is 5.32 Å². The molecule has 1 saturated carbocycles. The number of nitrogens with zero attached hydrogens (tertiary/aromatic N) is 1. The predicted molar refractivity (Wildman–Crippen MR) is 109 cm³/mol. The zero-order valence-electron chi connectivity index (χ0n) is 16.3. The van der Waals surface area contributed by atoms with Gasteiger partial charge in [0.1, 0.15) is 5.54 Å². The quantitative estimate of drug-likeness (QED) is 0.778. The molecule has 1 aliphatic rings. The molecule has 0 saturated heterocycles. The Hall–Kier alpha value is -2.33. The van der Waals surface area contributed by atoms with E-state index in [0.717, 1.165) is 36.9 Å². The van der Waals surface area contributed by atoms with Crippen LogP contribution in [0.25, 0.3) is 0 Å². The van der Waals surface area contributed by atoms with Crippen LogP contribution in [0.3, 0.4) is 0 Å². The van der Waals surface area contributed by atoms with Crippen molar-refractivity contribution in [1.29, 1.82) is 0 Å². The van der Waals surface area contributed by atoms with Gasteiger partial charge in [-0.3, -0.25) is 4.79 Å². The largest absolute Gasteiger partial charge is 0.396 e. The number of hydrogen-bond donors (Lipinski definition) is 2. The van der Waals surface area contributed by atoms with E-state index in [4.69, 9.17) is 0 Å². The molecule has 1 aliphatic carbocycles. The number of amides is 1. The lowest BCUT2D eigenvalue weighted by atomic mass is 9.85. The zero-order chi connectivity index (χ0) is 19.3. The summed E-state index contributed by atoms with van der Waals surface area (Å²) in [4.78, 5) is 15.4. The van der Waals surface area contributed by atoms with Crippen molar-refractivity contribution in [3.63, 3.8) is 0 Å². The van der Waals surface area contributed by atoms with Crippen molar-refractivity contribution < 1.29 is 9.90 Å². The number of carbonyl (C=O) groups excluding carboxylic acids is 1. The molecule has 0 aromatic heterocycles. The summed E-state index contributed by atoms with van der Waals surface area (Å²) in [6.07, 6.45) is 4.21. The smallest absolute Gasteiger partial charge is 0.252 e. The Morgan fingerprint density at radius 2 is 1.63 bits per heavy atom. The summed E-state index contributed by atoms with van der Waals surface area (Å²) >= 11 is 0. The summed E-state index contributed by atoms with van der Waals surface area (Å²) in [6.45, 7) is 2.66. The number of benzene rings is 2. The van der Waals surface area contributed by atoms with Gasteiger partial charge in [-0.25, -0.2) is 0 Å². The Balaban J connectivity index is 1.88. The number of nitrogens with one attached hydrogen (secondary N) is 1. The fourth-order valence-electron chi connectivity index (χ4n) is 4.28. The van der Waals surface area contributed by atoms with Crippen molar-refractivity contribution in [2.75, 3.05) is 25.5 Å². The molecule has 4 nitrogen and oxygen atoms in total. The number of hydrogen-bond acceptors (Lipinski definition) is 3. The van der Waals surface area contributed by atoms with Crippen molar-refractivity contribution in [2.24, 2.45) is 5.41 Å². The number of aliphatic hydroxyl groups is 1. The van der Waals surface area contributed by atoms with Gasteiger partial charge in [-0.1, -0.05) is 61.4 Å². The van der Waals surface area contributed by atoms with E-state index >= 15 is 0 Å². The molecule has 1 fully saturated rings. The molecule has 0 radical (unpaired) electrons. The molecule has 1 unspecified atom stereocenters. The van der Waals surface area contributed by atoms with Gasteiger partial charge in [0, 0.05) is 24.7 Å². The standard InChI is InChI=1S/C23H30N2O2/c1-22(19-11-5-3-6-12-19,24-20-13-7-4-8-14-20)21(27)25(2)17-23(18-26)15-9-10-16-23/h3-8,11-14,24,26H,9-10,15-18H2,1-2H3. The first-order valence-electron chi connectivity index (χ1n) is 9.74. The topological polar surface area (TPSA) is 52.6 Å². The van der Waals surface area contributed by atoms with E-state index in [1.807, 2.05) is 74.6 Å². The van der Waals surface area contributed by atoms with Crippen LogP contribution in [0.1, 0.15) is 38.2 Å². The summed E-state index contributed by atoms with van der Waals surface area (Å²) in [5, 5.41) is 13.4. The number of rotatable bonds is 7. The van der Waals surface area contributed by atoms with Gasteiger partial charge >= 0.3 is 0 Å². The summed E-state index contributed by atoms with van der Waals surface area (Å²) in [5.74, 6) is 0.0114. The van der Waals surface area contributed by atoms with Gasteiger partial charge in [0.25, 0.3) is 5.91 Å². The van der Waals surface area contributed by atoms with Crippen LogP contribution in [0.2, 0.25) is 0 Å². The van der Waals surface area contributed by atoms with Crippen LogP contribution in [0.15, 0.2) is 60.7 Å².